The molecule has 0 bridgehead atoms. The Morgan fingerprint density at radius 1 is 0.745 bits per heavy atom. The highest BCUT2D eigenvalue weighted by atomic mass is 16.7. The van der Waals surface area contributed by atoms with Crippen molar-refractivity contribution in [3.05, 3.63) is 48.6 Å². The van der Waals surface area contributed by atoms with Crippen LogP contribution in [0.3, 0.4) is 0 Å². The van der Waals surface area contributed by atoms with Crippen LogP contribution in [0.1, 0.15) is 129 Å². The molecule has 272 valence electrons. The topological polar surface area (TPSA) is 149 Å². The van der Waals surface area contributed by atoms with E-state index in [1.807, 2.05) is 6.08 Å². The fourth-order valence-corrected chi connectivity index (χ4v) is 5.36. The van der Waals surface area contributed by atoms with E-state index in [-0.39, 0.29) is 12.5 Å². The van der Waals surface area contributed by atoms with Crippen molar-refractivity contribution in [2.75, 3.05) is 13.2 Å². The molecular formula is C38H67NO8. The van der Waals surface area contributed by atoms with Gasteiger partial charge in [0.2, 0.25) is 5.91 Å². The molecule has 0 radical (unpaired) electrons. The van der Waals surface area contributed by atoms with Gasteiger partial charge in [-0.25, -0.2) is 0 Å². The van der Waals surface area contributed by atoms with Crippen LogP contribution in [0.25, 0.3) is 0 Å². The molecular weight excluding hydrogens is 598 g/mol. The summed E-state index contributed by atoms with van der Waals surface area (Å²) in [4.78, 5) is 12.8. The average Bonchev–Trinajstić information content (AvgIpc) is 3.07. The highest BCUT2D eigenvalue weighted by Gasteiger charge is 2.44. The Morgan fingerprint density at radius 2 is 1.32 bits per heavy atom. The maximum absolute atomic E-state index is 12.8. The molecule has 47 heavy (non-hydrogen) atoms. The number of nitrogens with one attached hydrogen (secondary N) is 1. The number of unbranched alkanes of at least 4 members (excludes halogenated alkanes) is 13. The van der Waals surface area contributed by atoms with Crippen LogP contribution in [0.2, 0.25) is 0 Å². The van der Waals surface area contributed by atoms with Crippen LogP contribution in [0.5, 0.6) is 0 Å². The molecule has 7 atom stereocenters. The van der Waals surface area contributed by atoms with Crippen molar-refractivity contribution in [3.8, 4) is 0 Å². The molecule has 1 fully saturated rings. The van der Waals surface area contributed by atoms with Gasteiger partial charge in [0.05, 0.1) is 25.4 Å². The van der Waals surface area contributed by atoms with E-state index in [1.54, 1.807) is 12.2 Å². The number of carbonyl (C=O) groups excluding carboxylic acids is 1. The number of rotatable bonds is 28. The molecule has 0 aromatic carbocycles. The molecule has 2 unspecified atom stereocenters. The highest BCUT2D eigenvalue weighted by molar-refractivity contribution is 5.76. The number of aliphatic hydroxyl groups is 5. The first kappa shape index (κ1) is 43.2. The van der Waals surface area contributed by atoms with E-state index in [0.717, 1.165) is 57.8 Å². The predicted octanol–water partition coefficient (Wildman–Crippen LogP) is 5.94. The fourth-order valence-electron chi connectivity index (χ4n) is 5.36. The summed E-state index contributed by atoms with van der Waals surface area (Å²) in [5, 5.41) is 53.6. The zero-order valence-electron chi connectivity index (χ0n) is 29.3. The second-order valence-corrected chi connectivity index (χ2v) is 12.7. The van der Waals surface area contributed by atoms with Crippen molar-refractivity contribution >= 4 is 5.91 Å². The maximum atomic E-state index is 12.8. The smallest absolute Gasteiger partial charge is 0.220 e. The first-order valence-electron chi connectivity index (χ1n) is 18.4. The molecule has 9 heteroatoms. The number of carbonyl (C=O) groups is 1. The quantitative estimate of drug-likeness (QED) is 0.0342. The van der Waals surface area contributed by atoms with E-state index in [2.05, 4.69) is 49.5 Å². The SMILES string of the molecule is CCCCC/C=C/C/C=C/CCCCCCCC(=O)N[C@@H](CO[C@H]1O[C@@H](CO)[C@H](O)C(O)C1O)[C@H](O)/C=C/C=C/CCCCCCC. The lowest BCUT2D eigenvalue weighted by Crippen LogP contribution is -2.60. The van der Waals surface area contributed by atoms with Crippen LogP contribution < -0.4 is 5.32 Å². The zero-order valence-corrected chi connectivity index (χ0v) is 29.3. The molecule has 1 aliphatic heterocycles. The number of hydrogen-bond donors (Lipinski definition) is 6. The lowest BCUT2D eigenvalue weighted by Gasteiger charge is -2.40. The lowest BCUT2D eigenvalue weighted by molar-refractivity contribution is -0.302. The fraction of sp³-hybridized carbons (Fsp3) is 0.763. The molecule has 0 spiro atoms. The zero-order chi connectivity index (χ0) is 34.5. The number of ether oxygens (including phenoxy) is 2. The lowest BCUT2D eigenvalue weighted by atomic mass is 9.99. The summed E-state index contributed by atoms with van der Waals surface area (Å²) >= 11 is 0. The third-order valence-corrected chi connectivity index (χ3v) is 8.43. The van der Waals surface area contributed by atoms with Gasteiger partial charge in [0, 0.05) is 6.42 Å². The van der Waals surface area contributed by atoms with Crippen LogP contribution in [0.4, 0.5) is 0 Å². The summed E-state index contributed by atoms with van der Waals surface area (Å²) < 4.78 is 11.1. The van der Waals surface area contributed by atoms with Crippen molar-refractivity contribution < 1.29 is 39.8 Å². The minimum Gasteiger partial charge on any atom is -0.394 e. The Balaban J connectivity index is 2.49. The second kappa shape index (κ2) is 29.1. The molecule has 1 heterocycles. The van der Waals surface area contributed by atoms with Gasteiger partial charge in [-0.2, -0.15) is 0 Å². The van der Waals surface area contributed by atoms with Crippen LogP contribution in [0, 0.1) is 0 Å². The summed E-state index contributed by atoms with van der Waals surface area (Å²) in [6.45, 7) is 3.62. The van der Waals surface area contributed by atoms with Gasteiger partial charge in [0.1, 0.15) is 24.4 Å². The number of allylic oxidation sites excluding steroid dienone is 7. The summed E-state index contributed by atoms with van der Waals surface area (Å²) in [7, 11) is 0. The van der Waals surface area contributed by atoms with E-state index in [0.29, 0.717) is 6.42 Å². The standard InChI is InChI=1S/C38H67NO8/c1-3-5-7-9-11-13-14-15-16-17-18-20-22-24-26-28-34(42)39-31(32(41)27-25-23-21-19-12-10-8-6-4-2)30-46-38-37(45)36(44)35(43)33(29-40)47-38/h11,13,15-16,21,23,25,27,31-33,35-38,40-41,43-45H,3-10,12,14,17-20,22,24,26,28-30H2,1-2H3,(H,39,42)/b13-11+,16-15+,23-21+,27-25+/t31-,32+,33-,35-,36?,37?,38-/m0/s1. The molecule has 0 saturated carbocycles. The Kier molecular flexibility index (Phi) is 26.7. The van der Waals surface area contributed by atoms with Gasteiger partial charge in [-0.05, 0) is 51.4 Å². The summed E-state index contributed by atoms with van der Waals surface area (Å²) in [5.74, 6) is -0.215. The molecule has 1 rings (SSSR count). The Hall–Kier alpha value is -1.85. The number of aliphatic hydroxyl groups excluding tert-OH is 5. The van der Waals surface area contributed by atoms with E-state index in [4.69, 9.17) is 9.47 Å². The van der Waals surface area contributed by atoms with Gasteiger partial charge in [0.25, 0.3) is 0 Å². The summed E-state index contributed by atoms with van der Waals surface area (Å²) in [6.07, 6.45) is 27.4. The van der Waals surface area contributed by atoms with E-state index in [1.165, 1.54) is 51.4 Å². The van der Waals surface area contributed by atoms with Crippen molar-refractivity contribution in [1.82, 2.24) is 5.32 Å². The van der Waals surface area contributed by atoms with E-state index < -0.39 is 49.5 Å². The molecule has 1 saturated heterocycles. The first-order chi connectivity index (χ1) is 22.8. The summed E-state index contributed by atoms with van der Waals surface area (Å²) in [6, 6.07) is -0.841. The maximum Gasteiger partial charge on any atom is 0.220 e. The van der Waals surface area contributed by atoms with Gasteiger partial charge in [-0.1, -0.05) is 120 Å². The van der Waals surface area contributed by atoms with Crippen LogP contribution in [0.15, 0.2) is 48.6 Å². The predicted molar refractivity (Wildman–Crippen MR) is 189 cm³/mol. The average molecular weight is 666 g/mol. The van der Waals surface area contributed by atoms with Gasteiger partial charge >= 0.3 is 0 Å². The minimum absolute atomic E-state index is 0.215. The molecule has 6 N–H and O–H groups in total. The van der Waals surface area contributed by atoms with Crippen LogP contribution in [-0.4, -0.2) is 87.5 Å². The molecule has 0 aromatic rings. The van der Waals surface area contributed by atoms with Crippen molar-refractivity contribution in [2.45, 2.75) is 172 Å². The molecule has 1 aliphatic rings. The largest absolute Gasteiger partial charge is 0.394 e. The Bertz CT molecular complexity index is 874. The Morgan fingerprint density at radius 3 is 1.98 bits per heavy atom. The van der Waals surface area contributed by atoms with Crippen LogP contribution in [-0.2, 0) is 14.3 Å². The molecule has 1 amide bonds. The molecule has 9 nitrogen and oxygen atoms in total. The van der Waals surface area contributed by atoms with Crippen molar-refractivity contribution in [1.29, 1.82) is 0 Å². The Labute approximate surface area is 284 Å². The normalized spacial score (nSPS) is 23.4. The number of hydrogen-bond acceptors (Lipinski definition) is 8. The minimum atomic E-state index is -1.57. The third kappa shape index (κ3) is 21.0. The van der Waals surface area contributed by atoms with Crippen molar-refractivity contribution in [3.63, 3.8) is 0 Å². The first-order valence-corrected chi connectivity index (χ1v) is 18.4. The van der Waals surface area contributed by atoms with E-state index in [9.17, 15) is 30.3 Å². The number of amides is 1. The monoisotopic (exact) mass is 665 g/mol. The van der Waals surface area contributed by atoms with Gasteiger partial charge in [-0.15, -0.1) is 0 Å². The van der Waals surface area contributed by atoms with Crippen LogP contribution >= 0.6 is 0 Å². The van der Waals surface area contributed by atoms with Crippen molar-refractivity contribution in [2.24, 2.45) is 0 Å². The molecule has 0 aromatic heterocycles. The third-order valence-electron chi connectivity index (χ3n) is 8.43. The van der Waals surface area contributed by atoms with Gasteiger partial charge < -0.3 is 40.3 Å². The van der Waals surface area contributed by atoms with Gasteiger partial charge in [0.15, 0.2) is 6.29 Å². The second-order valence-electron chi connectivity index (χ2n) is 12.7. The summed E-state index contributed by atoms with van der Waals surface area (Å²) in [5.41, 5.74) is 0. The van der Waals surface area contributed by atoms with E-state index >= 15 is 0 Å². The molecule has 0 aliphatic carbocycles. The van der Waals surface area contributed by atoms with Gasteiger partial charge in [-0.3, -0.25) is 4.79 Å². The highest BCUT2D eigenvalue weighted by Crippen LogP contribution is 2.22.